The molecule has 0 saturated carbocycles. The number of benzene rings is 2. The highest BCUT2D eigenvalue weighted by molar-refractivity contribution is 8.00. The van der Waals surface area contributed by atoms with Crippen molar-refractivity contribution in [3.8, 4) is 0 Å². The molecule has 0 N–H and O–H groups in total. The molecule has 4 rings (SSSR count). The van der Waals surface area contributed by atoms with Gasteiger partial charge in [-0.1, -0.05) is 44.2 Å². The second-order valence-electron chi connectivity index (χ2n) is 8.37. The maximum Gasteiger partial charge on any atom is 0.255 e. The molecule has 5 heteroatoms. The van der Waals surface area contributed by atoms with Gasteiger partial charge in [0.2, 0.25) is 5.91 Å². The Kier molecular flexibility index (Phi) is 5.95. The Morgan fingerprint density at radius 1 is 1.00 bits per heavy atom. The van der Waals surface area contributed by atoms with Crippen molar-refractivity contribution in [2.24, 2.45) is 11.8 Å². The van der Waals surface area contributed by atoms with Crippen molar-refractivity contribution < 1.29 is 9.59 Å². The monoisotopic (exact) mass is 408 g/mol. The number of carbonyl (C=O) groups is 2. The Hall–Kier alpha value is -2.27. The van der Waals surface area contributed by atoms with Crippen LogP contribution in [0.2, 0.25) is 0 Å². The number of fused-ring (bicyclic) bond motifs is 1. The summed E-state index contributed by atoms with van der Waals surface area (Å²) in [7, 11) is 0. The Morgan fingerprint density at radius 2 is 1.69 bits per heavy atom. The summed E-state index contributed by atoms with van der Waals surface area (Å²) in [6.45, 7) is 6.78. The van der Waals surface area contributed by atoms with E-state index < -0.39 is 0 Å². The van der Waals surface area contributed by atoms with Crippen molar-refractivity contribution in [2.45, 2.75) is 31.6 Å². The first-order chi connectivity index (χ1) is 14.0. The molecule has 1 saturated heterocycles. The van der Waals surface area contributed by atoms with E-state index in [0.29, 0.717) is 23.2 Å². The summed E-state index contributed by atoms with van der Waals surface area (Å²) in [5.74, 6) is 1.58. The van der Waals surface area contributed by atoms with Crippen LogP contribution in [-0.4, -0.2) is 42.1 Å². The molecular formula is C24H28N2O2S. The lowest BCUT2D eigenvalue weighted by Gasteiger charge is -2.35. The zero-order valence-corrected chi connectivity index (χ0v) is 18.0. The highest BCUT2D eigenvalue weighted by atomic mass is 32.2. The minimum atomic E-state index is 0.0884. The van der Waals surface area contributed by atoms with Crippen LogP contribution in [0, 0.1) is 11.8 Å². The lowest BCUT2D eigenvalue weighted by atomic mass is 9.91. The topological polar surface area (TPSA) is 40.6 Å². The first kappa shape index (κ1) is 20.0. The summed E-state index contributed by atoms with van der Waals surface area (Å²) < 4.78 is 0. The van der Waals surface area contributed by atoms with E-state index in [0.717, 1.165) is 36.6 Å². The molecule has 2 amide bonds. The van der Waals surface area contributed by atoms with Gasteiger partial charge in [-0.2, -0.15) is 0 Å². The number of hydrogen-bond donors (Lipinski definition) is 0. The molecule has 0 spiro atoms. The fourth-order valence-electron chi connectivity index (χ4n) is 4.58. The summed E-state index contributed by atoms with van der Waals surface area (Å²) >= 11 is 1.47. The van der Waals surface area contributed by atoms with Gasteiger partial charge in [-0.15, -0.1) is 11.8 Å². The van der Waals surface area contributed by atoms with Crippen LogP contribution >= 0.6 is 11.8 Å². The van der Waals surface area contributed by atoms with Crippen LogP contribution in [0.15, 0.2) is 53.4 Å². The zero-order valence-electron chi connectivity index (χ0n) is 17.1. The number of hydrogen-bond acceptors (Lipinski definition) is 3. The van der Waals surface area contributed by atoms with Gasteiger partial charge in [-0.3, -0.25) is 9.59 Å². The summed E-state index contributed by atoms with van der Waals surface area (Å²) in [5, 5.41) is 0. The summed E-state index contributed by atoms with van der Waals surface area (Å²) in [6, 6.07) is 15.8. The van der Waals surface area contributed by atoms with E-state index in [2.05, 4.69) is 19.9 Å². The number of piperidine rings is 1. The number of amides is 2. The molecule has 1 fully saturated rings. The van der Waals surface area contributed by atoms with Crippen LogP contribution in [0.1, 0.15) is 36.2 Å². The number of likely N-dealkylation sites (tertiary alicyclic amines) is 1. The van der Waals surface area contributed by atoms with Gasteiger partial charge in [0.15, 0.2) is 0 Å². The molecule has 2 heterocycles. The second kappa shape index (κ2) is 8.62. The Morgan fingerprint density at radius 3 is 2.48 bits per heavy atom. The third kappa shape index (κ3) is 4.35. The normalized spacial score (nSPS) is 21.2. The van der Waals surface area contributed by atoms with E-state index in [-0.39, 0.29) is 11.8 Å². The lowest BCUT2D eigenvalue weighted by molar-refractivity contribution is -0.116. The third-order valence-corrected chi connectivity index (χ3v) is 6.87. The number of thioether (sulfide) groups is 1. The van der Waals surface area contributed by atoms with E-state index in [1.165, 1.54) is 23.7 Å². The molecule has 2 unspecified atom stereocenters. The van der Waals surface area contributed by atoms with Gasteiger partial charge < -0.3 is 9.80 Å². The van der Waals surface area contributed by atoms with Crippen LogP contribution in [0.25, 0.3) is 0 Å². The van der Waals surface area contributed by atoms with Crippen molar-refractivity contribution >= 4 is 29.3 Å². The van der Waals surface area contributed by atoms with Gasteiger partial charge in [0.1, 0.15) is 0 Å². The Balaban J connectivity index is 1.45. The molecule has 0 radical (unpaired) electrons. The number of carbonyl (C=O) groups excluding carboxylic acids is 2. The quantitative estimate of drug-likeness (QED) is 0.700. The van der Waals surface area contributed by atoms with Crippen molar-refractivity contribution in [1.82, 2.24) is 4.90 Å². The van der Waals surface area contributed by atoms with Crippen LogP contribution in [0.4, 0.5) is 5.69 Å². The summed E-state index contributed by atoms with van der Waals surface area (Å²) in [5.41, 5.74) is 2.97. The van der Waals surface area contributed by atoms with E-state index in [1.807, 2.05) is 52.3 Å². The molecule has 2 aliphatic heterocycles. The molecule has 2 aliphatic rings. The minimum Gasteiger partial charge on any atom is -0.338 e. The lowest BCUT2D eigenvalue weighted by Crippen LogP contribution is -2.42. The van der Waals surface area contributed by atoms with Gasteiger partial charge in [-0.05, 0) is 48.4 Å². The minimum absolute atomic E-state index is 0.0884. The van der Waals surface area contributed by atoms with Crippen molar-refractivity contribution in [3.63, 3.8) is 0 Å². The number of anilines is 1. The molecule has 152 valence electrons. The fourth-order valence-corrected chi connectivity index (χ4v) is 5.50. The molecule has 2 aromatic rings. The average molecular weight is 409 g/mol. The highest BCUT2D eigenvalue weighted by Crippen LogP contribution is 2.31. The Labute approximate surface area is 177 Å². The average Bonchev–Trinajstić information content (AvgIpc) is 3.15. The van der Waals surface area contributed by atoms with Crippen LogP contribution < -0.4 is 4.90 Å². The van der Waals surface area contributed by atoms with Gasteiger partial charge >= 0.3 is 0 Å². The molecule has 0 bridgehead atoms. The maximum absolute atomic E-state index is 13.2. The van der Waals surface area contributed by atoms with Crippen LogP contribution in [0.5, 0.6) is 0 Å². The number of rotatable bonds is 4. The van der Waals surface area contributed by atoms with Gasteiger partial charge in [0, 0.05) is 30.2 Å². The number of nitrogens with zero attached hydrogens (tertiary/aromatic N) is 2. The van der Waals surface area contributed by atoms with E-state index >= 15 is 0 Å². The van der Waals surface area contributed by atoms with Crippen LogP contribution in [-0.2, 0) is 11.2 Å². The molecular weight excluding hydrogens is 380 g/mol. The molecule has 2 aromatic carbocycles. The highest BCUT2D eigenvalue weighted by Gasteiger charge is 2.28. The van der Waals surface area contributed by atoms with Gasteiger partial charge in [0.25, 0.3) is 5.91 Å². The molecule has 0 aliphatic carbocycles. The second-order valence-corrected chi connectivity index (χ2v) is 9.38. The largest absolute Gasteiger partial charge is 0.338 e. The van der Waals surface area contributed by atoms with Crippen LogP contribution in [0.3, 0.4) is 0 Å². The summed E-state index contributed by atoms with van der Waals surface area (Å²) in [6.07, 6.45) is 2.08. The maximum atomic E-state index is 13.2. The Bertz CT molecular complexity index is 903. The standard InChI is InChI=1S/C24H28N2O2S/c1-17-13-18(2)15-25(14-17)24(28)20-8-4-6-10-22(20)29-16-23(27)26-12-11-19-7-3-5-9-21(19)26/h3-10,17-18H,11-16H2,1-2H3. The predicted octanol–water partition coefficient (Wildman–Crippen LogP) is 4.49. The summed E-state index contributed by atoms with van der Waals surface area (Å²) in [4.78, 5) is 30.8. The zero-order chi connectivity index (χ0) is 20.4. The number of para-hydroxylation sites is 1. The van der Waals surface area contributed by atoms with E-state index in [4.69, 9.17) is 0 Å². The molecule has 4 nitrogen and oxygen atoms in total. The van der Waals surface area contributed by atoms with E-state index in [1.54, 1.807) is 0 Å². The molecule has 2 atom stereocenters. The fraction of sp³-hybridized carbons (Fsp3) is 0.417. The first-order valence-electron chi connectivity index (χ1n) is 10.4. The van der Waals surface area contributed by atoms with Gasteiger partial charge in [-0.25, -0.2) is 0 Å². The molecule has 29 heavy (non-hydrogen) atoms. The van der Waals surface area contributed by atoms with Crippen molar-refractivity contribution in [3.05, 3.63) is 59.7 Å². The first-order valence-corrected chi connectivity index (χ1v) is 11.4. The third-order valence-electron chi connectivity index (χ3n) is 5.81. The smallest absolute Gasteiger partial charge is 0.255 e. The molecule has 0 aromatic heterocycles. The van der Waals surface area contributed by atoms with Crippen molar-refractivity contribution in [1.29, 1.82) is 0 Å². The SMILES string of the molecule is CC1CC(C)CN(C(=O)c2ccccc2SCC(=O)N2CCc3ccccc32)C1. The van der Waals surface area contributed by atoms with Crippen molar-refractivity contribution in [2.75, 3.05) is 30.3 Å². The predicted molar refractivity (Wildman–Crippen MR) is 119 cm³/mol. The van der Waals surface area contributed by atoms with Gasteiger partial charge in [0.05, 0.1) is 11.3 Å². The van der Waals surface area contributed by atoms with E-state index in [9.17, 15) is 9.59 Å².